The van der Waals surface area contributed by atoms with Crippen molar-refractivity contribution in [1.82, 2.24) is 0 Å². The Morgan fingerprint density at radius 2 is 1.55 bits per heavy atom. The van der Waals surface area contributed by atoms with Gasteiger partial charge in [-0.3, -0.25) is 9.10 Å². The van der Waals surface area contributed by atoms with E-state index < -0.39 is 21.9 Å². The molecule has 0 aliphatic carbocycles. The molecule has 0 atom stereocenters. The first-order valence-corrected chi connectivity index (χ1v) is 14.1. The topological polar surface area (TPSA) is 102 Å². The van der Waals surface area contributed by atoms with E-state index >= 15 is 0 Å². The van der Waals surface area contributed by atoms with Gasteiger partial charge in [-0.1, -0.05) is 48.5 Å². The fourth-order valence-corrected chi connectivity index (χ4v) is 5.57. The van der Waals surface area contributed by atoms with Crippen molar-refractivity contribution < 1.29 is 27.5 Å². The molecule has 0 saturated carbocycles. The second-order valence-corrected chi connectivity index (χ2v) is 10.8. The molecule has 8 nitrogen and oxygen atoms in total. The fraction of sp³-hybridized carbons (Fsp3) is 0.161. The van der Waals surface area contributed by atoms with Gasteiger partial charge in [-0.15, -0.1) is 0 Å². The smallest absolute Gasteiger partial charge is 0.338 e. The Labute approximate surface area is 234 Å². The number of rotatable bonds is 10. The van der Waals surface area contributed by atoms with Gasteiger partial charge in [0, 0.05) is 5.69 Å². The van der Waals surface area contributed by atoms with Crippen LogP contribution in [-0.4, -0.2) is 34.0 Å². The zero-order valence-corrected chi connectivity index (χ0v) is 23.3. The van der Waals surface area contributed by atoms with E-state index in [0.717, 1.165) is 11.1 Å². The third-order valence-electron chi connectivity index (χ3n) is 6.23. The van der Waals surface area contributed by atoms with Crippen molar-refractivity contribution in [3.8, 4) is 5.75 Å². The molecule has 0 aliphatic rings. The summed E-state index contributed by atoms with van der Waals surface area (Å²) in [5.74, 6) is -0.505. The molecule has 0 aliphatic heterocycles. The molecular formula is C31H30N2O6S. The second-order valence-electron chi connectivity index (χ2n) is 8.89. The Hall–Kier alpha value is -4.63. The Kier molecular flexibility index (Phi) is 8.86. The number of carbonyl (C=O) groups excluding carboxylic acids is 2. The standard InChI is InChI=1S/C31H30N2O6S/c1-4-39-31(35)24-15-14-22(2)28(20-24)32-30(34)27-12-8-9-13-29(27)33(21-23-10-6-5-7-11-23)40(36,37)26-18-16-25(38-3)17-19-26/h5-20H,4,21H2,1-3H3,(H,32,34). The number of carbonyl (C=O) groups is 2. The highest BCUT2D eigenvalue weighted by atomic mass is 32.2. The number of nitrogens with one attached hydrogen (secondary N) is 1. The number of methoxy groups -OCH3 is 1. The summed E-state index contributed by atoms with van der Waals surface area (Å²) in [7, 11) is -2.60. The van der Waals surface area contributed by atoms with Crippen LogP contribution in [0.2, 0.25) is 0 Å². The van der Waals surface area contributed by atoms with Crippen LogP contribution in [0.25, 0.3) is 0 Å². The van der Waals surface area contributed by atoms with Crippen LogP contribution in [-0.2, 0) is 21.3 Å². The zero-order valence-electron chi connectivity index (χ0n) is 22.5. The predicted molar refractivity (Wildman–Crippen MR) is 154 cm³/mol. The van der Waals surface area contributed by atoms with E-state index in [1.807, 2.05) is 30.3 Å². The molecule has 0 unspecified atom stereocenters. The lowest BCUT2D eigenvalue weighted by Gasteiger charge is -2.27. The summed E-state index contributed by atoms with van der Waals surface area (Å²) in [6.07, 6.45) is 0. The van der Waals surface area contributed by atoms with E-state index in [4.69, 9.17) is 9.47 Å². The van der Waals surface area contributed by atoms with Gasteiger partial charge < -0.3 is 14.8 Å². The molecular weight excluding hydrogens is 528 g/mol. The predicted octanol–water partition coefficient (Wildman–Crippen LogP) is 5.83. The number of hydrogen-bond donors (Lipinski definition) is 1. The van der Waals surface area contributed by atoms with E-state index in [-0.39, 0.29) is 29.3 Å². The van der Waals surface area contributed by atoms with Crippen molar-refractivity contribution in [2.75, 3.05) is 23.3 Å². The average Bonchev–Trinajstić information content (AvgIpc) is 2.97. The summed E-state index contributed by atoms with van der Waals surface area (Å²) in [6.45, 7) is 3.73. The van der Waals surface area contributed by atoms with E-state index in [1.54, 1.807) is 68.4 Å². The number of anilines is 2. The maximum atomic E-state index is 14.0. The first-order chi connectivity index (χ1) is 19.2. The molecule has 0 spiro atoms. The van der Waals surface area contributed by atoms with Crippen molar-refractivity contribution >= 4 is 33.3 Å². The van der Waals surface area contributed by atoms with Crippen molar-refractivity contribution in [2.45, 2.75) is 25.3 Å². The van der Waals surface area contributed by atoms with Crippen molar-refractivity contribution in [2.24, 2.45) is 0 Å². The molecule has 40 heavy (non-hydrogen) atoms. The molecule has 0 heterocycles. The maximum Gasteiger partial charge on any atom is 0.338 e. The summed E-state index contributed by atoms with van der Waals surface area (Å²) in [4.78, 5) is 25.9. The van der Waals surface area contributed by atoms with Crippen LogP contribution >= 0.6 is 0 Å². The van der Waals surface area contributed by atoms with Gasteiger partial charge in [-0.05, 0) is 73.5 Å². The van der Waals surface area contributed by atoms with Gasteiger partial charge in [-0.2, -0.15) is 0 Å². The molecule has 9 heteroatoms. The summed E-state index contributed by atoms with van der Waals surface area (Å²) in [6, 6.07) is 26.6. The van der Waals surface area contributed by atoms with Crippen LogP contribution in [0.5, 0.6) is 5.75 Å². The van der Waals surface area contributed by atoms with Crippen molar-refractivity contribution in [3.05, 3.63) is 119 Å². The lowest BCUT2D eigenvalue weighted by Crippen LogP contribution is -2.32. The molecule has 0 saturated heterocycles. The quantitative estimate of drug-likeness (QED) is 0.246. The molecule has 0 bridgehead atoms. The number of hydrogen-bond acceptors (Lipinski definition) is 6. The highest BCUT2D eigenvalue weighted by molar-refractivity contribution is 7.92. The average molecular weight is 559 g/mol. The minimum absolute atomic E-state index is 0.00311. The third-order valence-corrected chi connectivity index (χ3v) is 8.00. The highest BCUT2D eigenvalue weighted by Gasteiger charge is 2.29. The lowest BCUT2D eigenvalue weighted by atomic mass is 10.1. The van der Waals surface area contributed by atoms with Gasteiger partial charge in [0.1, 0.15) is 5.75 Å². The SMILES string of the molecule is CCOC(=O)c1ccc(C)c(NC(=O)c2ccccc2N(Cc2ccccc2)S(=O)(=O)c2ccc(OC)cc2)c1. The van der Waals surface area contributed by atoms with E-state index in [2.05, 4.69) is 5.32 Å². The van der Waals surface area contributed by atoms with Crippen LogP contribution in [0.1, 0.15) is 38.8 Å². The summed E-state index contributed by atoms with van der Waals surface area (Å²) in [5, 5.41) is 2.84. The third kappa shape index (κ3) is 6.32. The Balaban J connectivity index is 1.76. The number of benzene rings is 4. The van der Waals surface area contributed by atoms with E-state index in [9.17, 15) is 18.0 Å². The van der Waals surface area contributed by atoms with Crippen LogP contribution in [0.4, 0.5) is 11.4 Å². The molecule has 4 aromatic carbocycles. The Morgan fingerprint density at radius 3 is 2.23 bits per heavy atom. The number of ether oxygens (including phenoxy) is 2. The first-order valence-electron chi connectivity index (χ1n) is 12.6. The molecule has 1 N–H and O–H groups in total. The van der Waals surface area contributed by atoms with E-state index in [1.165, 1.54) is 23.5 Å². The van der Waals surface area contributed by atoms with Gasteiger partial charge in [-0.25, -0.2) is 13.2 Å². The van der Waals surface area contributed by atoms with Crippen LogP contribution < -0.4 is 14.4 Å². The molecule has 0 radical (unpaired) electrons. The molecule has 0 aromatic heterocycles. The Morgan fingerprint density at radius 1 is 0.875 bits per heavy atom. The fourth-order valence-electron chi connectivity index (χ4n) is 4.09. The lowest BCUT2D eigenvalue weighted by molar-refractivity contribution is 0.0526. The zero-order chi connectivity index (χ0) is 28.7. The molecule has 1 amide bonds. The minimum atomic E-state index is -4.10. The highest BCUT2D eigenvalue weighted by Crippen LogP contribution is 2.31. The van der Waals surface area contributed by atoms with Gasteiger partial charge >= 0.3 is 5.97 Å². The minimum Gasteiger partial charge on any atom is -0.497 e. The summed E-state index contributed by atoms with van der Waals surface area (Å²) in [5.41, 5.74) is 2.54. The van der Waals surface area contributed by atoms with Crippen LogP contribution in [0.3, 0.4) is 0 Å². The largest absolute Gasteiger partial charge is 0.497 e. The number of sulfonamides is 1. The number of esters is 1. The molecule has 206 valence electrons. The second kappa shape index (κ2) is 12.5. The maximum absolute atomic E-state index is 14.0. The van der Waals surface area contributed by atoms with E-state index in [0.29, 0.717) is 17.0 Å². The molecule has 4 rings (SSSR count). The van der Waals surface area contributed by atoms with Gasteiger partial charge in [0.2, 0.25) is 0 Å². The van der Waals surface area contributed by atoms with Crippen molar-refractivity contribution in [1.29, 1.82) is 0 Å². The van der Waals surface area contributed by atoms with Crippen LogP contribution in [0.15, 0.2) is 102 Å². The van der Waals surface area contributed by atoms with Gasteiger partial charge in [0.05, 0.1) is 42.0 Å². The van der Waals surface area contributed by atoms with Gasteiger partial charge in [0.25, 0.3) is 15.9 Å². The van der Waals surface area contributed by atoms with Crippen LogP contribution in [0, 0.1) is 6.92 Å². The summed E-state index contributed by atoms with van der Waals surface area (Å²) < 4.78 is 39.5. The van der Waals surface area contributed by atoms with Crippen molar-refractivity contribution in [3.63, 3.8) is 0 Å². The first kappa shape index (κ1) is 28.4. The normalized spacial score (nSPS) is 11.0. The monoisotopic (exact) mass is 558 g/mol. The Bertz CT molecular complexity index is 1600. The molecule has 4 aromatic rings. The van der Waals surface area contributed by atoms with Gasteiger partial charge in [0.15, 0.2) is 0 Å². The number of aryl methyl sites for hydroxylation is 1. The molecule has 0 fully saturated rings. The number of amides is 1. The summed E-state index contributed by atoms with van der Waals surface area (Å²) >= 11 is 0. The number of nitrogens with zero attached hydrogens (tertiary/aromatic N) is 1. The number of para-hydroxylation sites is 1.